The number of anilines is 1. The second-order valence-corrected chi connectivity index (χ2v) is 7.09. The maximum atomic E-state index is 13.4. The first-order valence-corrected chi connectivity index (χ1v) is 9.65. The van der Waals surface area contributed by atoms with E-state index in [1.807, 2.05) is 70.3 Å². The van der Waals surface area contributed by atoms with Gasteiger partial charge < -0.3 is 5.32 Å². The topological polar surface area (TPSA) is 72.7 Å². The summed E-state index contributed by atoms with van der Waals surface area (Å²) in [5, 5.41) is 8.34. The van der Waals surface area contributed by atoms with Crippen LogP contribution in [0.25, 0.3) is 22.3 Å². The molecule has 3 aromatic heterocycles. The smallest absolute Gasteiger partial charge is 0.256 e. The second kappa shape index (κ2) is 7.47. The third-order valence-corrected chi connectivity index (χ3v) is 5.09. The van der Waals surface area contributed by atoms with Crippen molar-refractivity contribution in [2.24, 2.45) is 7.05 Å². The van der Waals surface area contributed by atoms with Crippen LogP contribution in [0.5, 0.6) is 0 Å². The average molecular weight is 385 g/mol. The first-order chi connectivity index (χ1) is 14.0. The van der Waals surface area contributed by atoms with Crippen LogP contribution in [0.3, 0.4) is 0 Å². The van der Waals surface area contributed by atoms with Gasteiger partial charge in [0.15, 0.2) is 5.65 Å². The number of pyridine rings is 2. The molecule has 0 aliphatic carbocycles. The van der Waals surface area contributed by atoms with Crippen molar-refractivity contribution in [3.63, 3.8) is 0 Å². The lowest BCUT2D eigenvalue weighted by Gasteiger charge is -2.13. The zero-order valence-corrected chi connectivity index (χ0v) is 17.0. The van der Waals surface area contributed by atoms with E-state index in [4.69, 9.17) is 4.98 Å². The summed E-state index contributed by atoms with van der Waals surface area (Å²) in [6.07, 6.45) is 2.51. The van der Waals surface area contributed by atoms with Gasteiger partial charge in [-0.25, -0.2) is 4.98 Å². The van der Waals surface area contributed by atoms with Crippen LogP contribution in [0.1, 0.15) is 34.2 Å². The Morgan fingerprint density at radius 1 is 1.14 bits per heavy atom. The lowest BCUT2D eigenvalue weighted by Crippen LogP contribution is -2.16. The molecule has 6 nitrogen and oxygen atoms in total. The molecule has 0 aliphatic heterocycles. The van der Waals surface area contributed by atoms with Crippen LogP contribution in [0.15, 0.2) is 48.7 Å². The minimum absolute atomic E-state index is 0.184. The number of fused-ring (bicyclic) bond motifs is 1. The predicted octanol–water partition coefficient (Wildman–Crippen LogP) is 4.46. The Kier molecular flexibility index (Phi) is 4.84. The molecule has 0 fully saturated rings. The number of nitrogens with one attached hydrogen (secondary N) is 1. The first-order valence-electron chi connectivity index (χ1n) is 9.65. The van der Waals surface area contributed by atoms with Gasteiger partial charge in [0.25, 0.3) is 5.91 Å². The molecule has 4 aromatic rings. The van der Waals surface area contributed by atoms with Gasteiger partial charge in [0.05, 0.1) is 33.7 Å². The normalized spacial score (nSPS) is 11.0. The van der Waals surface area contributed by atoms with Crippen LogP contribution in [-0.4, -0.2) is 25.7 Å². The predicted molar refractivity (Wildman–Crippen MR) is 115 cm³/mol. The summed E-state index contributed by atoms with van der Waals surface area (Å²) in [6, 6.07) is 13.6. The van der Waals surface area contributed by atoms with Crippen LogP contribution in [0, 0.1) is 13.8 Å². The number of hydrogen-bond acceptors (Lipinski definition) is 4. The van der Waals surface area contributed by atoms with Crippen molar-refractivity contribution in [3.8, 4) is 11.3 Å². The Hall–Kier alpha value is -3.54. The number of aromatic nitrogens is 4. The quantitative estimate of drug-likeness (QED) is 0.563. The largest absolute Gasteiger partial charge is 0.320 e. The van der Waals surface area contributed by atoms with E-state index in [0.717, 1.165) is 45.7 Å². The second-order valence-electron chi connectivity index (χ2n) is 7.09. The number of hydrogen-bond donors (Lipinski definition) is 1. The fourth-order valence-electron chi connectivity index (χ4n) is 3.61. The Balaban J connectivity index is 1.87. The summed E-state index contributed by atoms with van der Waals surface area (Å²) in [5.41, 5.74) is 6.35. The lowest BCUT2D eigenvalue weighted by molar-refractivity contribution is 0.102. The molecule has 0 radical (unpaired) electrons. The lowest BCUT2D eigenvalue weighted by atomic mass is 10.0. The molecule has 0 aliphatic rings. The molecule has 0 spiro atoms. The maximum Gasteiger partial charge on any atom is 0.256 e. The number of benzene rings is 1. The standard InChI is InChI=1S/C23H23N5O/c1-5-18-21(14(2)11-12-24-18)26-23(29)17-13-19(16-9-7-6-8-10-16)25-22-20(17)15(3)27-28(22)4/h6-13H,5H2,1-4H3,(H,26,29). The van der Waals surface area contributed by atoms with E-state index in [0.29, 0.717) is 11.2 Å². The van der Waals surface area contributed by atoms with Gasteiger partial charge in [0, 0.05) is 18.8 Å². The van der Waals surface area contributed by atoms with Crippen LogP contribution < -0.4 is 5.32 Å². The van der Waals surface area contributed by atoms with Crippen molar-refractivity contribution < 1.29 is 4.79 Å². The van der Waals surface area contributed by atoms with Crippen LogP contribution in [-0.2, 0) is 13.5 Å². The van der Waals surface area contributed by atoms with E-state index in [-0.39, 0.29) is 5.91 Å². The van der Waals surface area contributed by atoms with Crippen molar-refractivity contribution in [2.75, 3.05) is 5.32 Å². The van der Waals surface area contributed by atoms with Crippen molar-refractivity contribution in [2.45, 2.75) is 27.2 Å². The minimum Gasteiger partial charge on any atom is -0.320 e. The molecule has 1 amide bonds. The number of carbonyl (C=O) groups is 1. The molecule has 4 rings (SSSR count). The zero-order chi connectivity index (χ0) is 20.5. The van der Waals surface area contributed by atoms with Crippen molar-refractivity contribution in [1.29, 1.82) is 0 Å². The van der Waals surface area contributed by atoms with Crippen molar-refractivity contribution in [3.05, 3.63) is 71.2 Å². The third kappa shape index (κ3) is 3.38. The fourth-order valence-corrected chi connectivity index (χ4v) is 3.61. The van der Waals surface area contributed by atoms with Crippen molar-refractivity contribution >= 4 is 22.6 Å². The van der Waals surface area contributed by atoms with Gasteiger partial charge in [0.2, 0.25) is 0 Å². The zero-order valence-electron chi connectivity index (χ0n) is 17.0. The maximum absolute atomic E-state index is 13.4. The van der Waals surface area contributed by atoms with Gasteiger partial charge >= 0.3 is 0 Å². The van der Waals surface area contributed by atoms with E-state index in [1.165, 1.54) is 0 Å². The summed E-state index contributed by atoms with van der Waals surface area (Å²) in [4.78, 5) is 22.6. The van der Waals surface area contributed by atoms with Crippen LogP contribution >= 0.6 is 0 Å². The molecule has 0 bridgehead atoms. The molecule has 146 valence electrons. The van der Waals surface area contributed by atoms with Gasteiger partial charge in [-0.1, -0.05) is 37.3 Å². The average Bonchev–Trinajstić information content (AvgIpc) is 3.03. The molecule has 0 saturated carbocycles. The molecule has 29 heavy (non-hydrogen) atoms. The molecule has 1 N–H and O–H groups in total. The molecular weight excluding hydrogens is 362 g/mol. The molecule has 0 saturated heterocycles. The van der Waals surface area contributed by atoms with Crippen LogP contribution in [0.4, 0.5) is 5.69 Å². The third-order valence-electron chi connectivity index (χ3n) is 5.09. The SMILES string of the molecule is CCc1nccc(C)c1NC(=O)c1cc(-c2ccccc2)nc2c1c(C)nn2C. The van der Waals surface area contributed by atoms with Gasteiger partial charge in [-0.3, -0.25) is 14.5 Å². The Labute approximate surface area is 169 Å². The van der Waals surface area contributed by atoms with Crippen LogP contribution in [0.2, 0.25) is 0 Å². The monoisotopic (exact) mass is 385 g/mol. The van der Waals surface area contributed by atoms with E-state index >= 15 is 0 Å². The number of carbonyl (C=O) groups excluding carboxylic acids is 1. The van der Waals surface area contributed by atoms with Crippen molar-refractivity contribution in [1.82, 2.24) is 19.7 Å². The molecule has 6 heteroatoms. The summed E-state index contributed by atoms with van der Waals surface area (Å²) >= 11 is 0. The molecular formula is C23H23N5O. The van der Waals surface area contributed by atoms with Gasteiger partial charge in [-0.2, -0.15) is 5.10 Å². The molecule has 0 unspecified atom stereocenters. The Morgan fingerprint density at radius 2 is 1.90 bits per heavy atom. The summed E-state index contributed by atoms with van der Waals surface area (Å²) in [6.45, 7) is 5.90. The Morgan fingerprint density at radius 3 is 2.62 bits per heavy atom. The molecule has 1 aromatic carbocycles. The highest BCUT2D eigenvalue weighted by molar-refractivity contribution is 6.13. The Bertz CT molecular complexity index is 1210. The number of amides is 1. The molecule has 0 atom stereocenters. The highest BCUT2D eigenvalue weighted by atomic mass is 16.1. The minimum atomic E-state index is -0.184. The number of rotatable bonds is 4. The number of aryl methyl sites for hydroxylation is 4. The summed E-state index contributed by atoms with van der Waals surface area (Å²) in [7, 11) is 1.85. The van der Waals surface area contributed by atoms with Gasteiger partial charge in [0.1, 0.15) is 0 Å². The summed E-state index contributed by atoms with van der Waals surface area (Å²) in [5.74, 6) is -0.184. The highest BCUT2D eigenvalue weighted by Crippen LogP contribution is 2.28. The number of nitrogens with zero attached hydrogens (tertiary/aromatic N) is 4. The first kappa shape index (κ1) is 18.8. The fraction of sp³-hybridized carbons (Fsp3) is 0.217. The van der Waals surface area contributed by atoms with Gasteiger partial charge in [-0.15, -0.1) is 0 Å². The van der Waals surface area contributed by atoms with E-state index in [2.05, 4.69) is 15.4 Å². The van der Waals surface area contributed by atoms with E-state index in [1.54, 1.807) is 10.9 Å². The van der Waals surface area contributed by atoms with E-state index in [9.17, 15) is 4.79 Å². The van der Waals surface area contributed by atoms with Gasteiger partial charge in [-0.05, 0) is 38.0 Å². The highest BCUT2D eigenvalue weighted by Gasteiger charge is 2.20. The summed E-state index contributed by atoms with van der Waals surface area (Å²) < 4.78 is 1.72. The molecule has 3 heterocycles. The van der Waals surface area contributed by atoms with E-state index < -0.39 is 0 Å².